The van der Waals surface area contributed by atoms with E-state index in [1.54, 1.807) is 0 Å². The van der Waals surface area contributed by atoms with E-state index in [4.69, 9.17) is 0 Å². The predicted octanol–water partition coefficient (Wildman–Crippen LogP) is 2.31. The molecule has 9 heavy (non-hydrogen) atoms. The summed E-state index contributed by atoms with van der Waals surface area (Å²) in [6, 6.07) is 0. The summed E-state index contributed by atoms with van der Waals surface area (Å²) in [5.41, 5.74) is 0. The van der Waals surface area contributed by atoms with Crippen molar-refractivity contribution in [1.82, 2.24) is 0 Å². The second kappa shape index (κ2) is 4.24. The van der Waals surface area contributed by atoms with Crippen molar-refractivity contribution in [1.29, 1.82) is 0 Å². The van der Waals surface area contributed by atoms with Crippen LogP contribution in [0.1, 0.15) is 19.3 Å². The van der Waals surface area contributed by atoms with E-state index in [-0.39, 0.29) is 6.42 Å². The number of halogens is 3. The van der Waals surface area contributed by atoms with E-state index in [9.17, 15) is 13.2 Å². The first-order chi connectivity index (χ1) is 4.06. The molecule has 0 rings (SSSR count). The molecule has 4 heteroatoms. The Kier molecular flexibility index (Phi) is 4.42. The Labute approximate surface area is 62.0 Å². The summed E-state index contributed by atoms with van der Waals surface area (Å²) in [4.78, 5) is 0. The Morgan fingerprint density at radius 3 is 2.00 bits per heavy atom. The first-order valence-electron chi connectivity index (χ1n) is 3.13. The molecule has 0 aliphatic carbocycles. The number of unbranched alkanes of at least 4 members (excludes halogenated alkanes) is 1. The van der Waals surface area contributed by atoms with Crippen molar-refractivity contribution >= 4 is 17.7 Å². The molecule has 0 aliphatic heterocycles. The van der Waals surface area contributed by atoms with Gasteiger partial charge in [0, 0.05) is 0 Å². The van der Waals surface area contributed by atoms with Crippen molar-refractivity contribution < 1.29 is 13.2 Å². The minimum atomic E-state index is -3.95. The molecule has 0 aromatic rings. The zero-order valence-corrected chi connectivity index (χ0v) is 5.46. The van der Waals surface area contributed by atoms with Gasteiger partial charge in [-0.25, -0.2) is 0 Å². The number of alkyl halides is 3. The molecule has 0 aromatic heterocycles. The van der Waals surface area contributed by atoms with Gasteiger partial charge in [0.05, 0.1) is 0 Å². The zero-order chi connectivity index (χ0) is 7.33. The molecule has 0 heterocycles. The van der Waals surface area contributed by atoms with Crippen molar-refractivity contribution in [3.8, 4) is 0 Å². The molecule has 0 bridgehead atoms. The van der Waals surface area contributed by atoms with Crippen LogP contribution < -0.4 is 0 Å². The van der Waals surface area contributed by atoms with Gasteiger partial charge < -0.3 is 0 Å². The third kappa shape index (κ3) is 8.39. The first kappa shape index (κ1) is 9.39. The van der Waals surface area contributed by atoms with Crippen molar-refractivity contribution in [2.45, 2.75) is 30.5 Å². The van der Waals surface area contributed by atoms with E-state index in [1.807, 2.05) is 17.7 Å². The van der Waals surface area contributed by atoms with Crippen molar-refractivity contribution in [3.05, 3.63) is 0 Å². The summed E-state index contributed by atoms with van der Waals surface area (Å²) in [5.74, 6) is 0. The number of hydrogen-bond donors (Lipinski definition) is 0. The number of hydrogen-bond acceptors (Lipinski definition) is 0. The topological polar surface area (TPSA) is 0 Å². The normalized spacial score (nSPS) is 12.1. The molecule has 0 aliphatic rings. The molecule has 0 aromatic carbocycles. The van der Waals surface area contributed by atoms with Crippen LogP contribution in [-0.2, 0) is 0 Å². The van der Waals surface area contributed by atoms with Gasteiger partial charge in [-0.1, -0.05) is 0 Å². The molecule has 0 amide bonds. The Morgan fingerprint density at radius 2 is 1.67 bits per heavy atom. The van der Waals surface area contributed by atoms with E-state index in [2.05, 4.69) is 0 Å². The monoisotopic (exact) mass is 132 g/mol. The van der Waals surface area contributed by atoms with Crippen molar-refractivity contribution in [2.75, 3.05) is 0 Å². The molecule has 0 spiro atoms. The van der Waals surface area contributed by atoms with Gasteiger partial charge in [-0.2, -0.15) is 0 Å². The van der Waals surface area contributed by atoms with Crippen LogP contribution in [0.2, 0.25) is 5.09 Å². The maximum absolute atomic E-state index is 11.4. The van der Waals surface area contributed by atoms with Gasteiger partial charge in [0.15, 0.2) is 0 Å². The van der Waals surface area contributed by atoms with Crippen LogP contribution in [0.4, 0.5) is 13.2 Å². The number of rotatable bonds is 3. The second-order valence-electron chi connectivity index (χ2n) is 2.07. The maximum atomic E-state index is 11.4. The Bertz CT molecular complexity index is 69.1. The molecule has 0 fully saturated rings. The SMILES string of the molecule is [Li][CH2]CCCC(F)(F)F. The Balaban J connectivity index is 3.07. The first-order valence-corrected chi connectivity index (χ1v) is 3.13. The van der Waals surface area contributed by atoms with Crippen LogP contribution in [0.5, 0.6) is 0 Å². The average molecular weight is 132 g/mol. The van der Waals surface area contributed by atoms with Crippen LogP contribution in [0.25, 0.3) is 0 Å². The predicted molar refractivity (Wildman–Crippen MR) is 30.5 cm³/mol. The van der Waals surface area contributed by atoms with Crippen LogP contribution in [-0.4, -0.2) is 23.9 Å². The van der Waals surface area contributed by atoms with Gasteiger partial charge in [0.25, 0.3) is 0 Å². The van der Waals surface area contributed by atoms with Gasteiger partial charge in [0.1, 0.15) is 0 Å². The molecular weight excluding hydrogens is 124 g/mol. The second-order valence-corrected chi connectivity index (χ2v) is 2.07. The fraction of sp³-hybridized carbons (Fsp3) is 1.00. The summed E-state index contributed by atoms with van der Waals surface area (Å²) in [5, 5.41) is 0.843. The van der Waals surface area contributed by atoms with Crippen LogP contribution >= 0.6 is 0 Å². The Morgan fingerprint density at radius 1 is 1.11 bits per heavy atom. The van der Waals surface area contributed by atoms with E-state index in [0.717, 1.165) is 5.09 Å². The summed E-state index contributed by atoms with van der Waals surface area (Å²) >= 11 is 1.89. The van der Waals surface area contributed by atoms with E-state index >= 15 is 0 Å². The minimum absolute atomic E-state index is 0.278. The average Bonchev–Trinajstić information content (AvgIpc) is 1.63. The van der Waals surface area contributed by atoms with Crippen molar-refractivity contribution in [2.24, 2.45) is 0 Å². The van der Waals surface area contributed by atoms with Gasteiger partial charge in [-0.3, -0.25) is 0 Å². The molecule has 0 nitrogen and oxygen atoms in total. The van der Waals surface area contributed by atoms with Crippen molar-refractivity contribution in [3.63, 3.8) is 0 Å². The summed E-state index contributed by atoms with van der Waals surface area (Å²) in [6.07, 6.45) is -3.62. The molecule has 0 saturated heterocycles. The van der Waals surface area contributed by atoms with E-state index in [0.29, 0.717) is 6.42 Å². The molecular formula is C5H8F3Li. The molecule has 0 N–H and O–H groups in total. The molecule has 0 saturated carbocycles. The molecule has 50 valence electrons. The fourth-order valence-electron chi connectivity index (χ4n) is 0.575. The van der Waals surface area contributed by atoms with Gasteiger partial charge in [0.2, 0.25) is 0 Å². The van der Waals surface area contributed by atoms with Crippen LogP contribution in [0.3, 0.4) is 0 Å². The van der Waals surface area contributed by atoms with Crippen LogP contribution in [0.15, 0.2) is 0 Å². The third-order valence-electron chi connectivity index (χ3n) is 1.06. The van der Waals surface area contributed by atoms with E-state index < -0.39 is 12.6 Å². The zero-order valence-electron chi connectivity index (χ0n) is 5.46. The third-order valence-corrected chi connectivity index (χ3v) is 1.06. The summed E-state index contributed by atoms with van der Waals surface area (Å²) in [6.45, 7) is 0. The standard InChI is InChI=1S/C5H8F3.Li/c1-2-3-4-5(6,7)8;/h1-4H2;. The summed E-state index contributed by atoms with van der Waals surface area (Å²) in [7, 11) is 0. The van der Waals surface area contributed by atoms with Gasteiger partial charge in [-0.05, 0) is 0 Å². The molecule has 0 radical (unpaired) electrons. The van der Waals surface area contributed by atoms with Crippen LogP contribution in [0, 0.1) is 0 Å². The van der Waals surface area contributed by atoms with Gasteiger partial charge in [-0.15, -0.1) is 0 Å². The Hall–Kier alpha value is 0.387. The summed E-state index contributed by atoms with van der Waals surface area (Å²) < 4.78 is 34.1. The van der Waals surface area contributed by atoms with Gasteiger partial charge >= 0.3 is 61.4 Å². The fourth-order valence-corrected chi connectivity index (χ4v) is 0.575. The molecule has 0 atom stereocenters. The quantitative estimate of drug-likeness (QED) is 0.408. The van der Waals surface area contributed by atoms with E-state index in [1.165, 1.54) is 0 Å². The molecule has 0 unspecified atom stereocenters.